The van der Waals surface area contributed by atoms with E-state index < -0.39 is 0 Å². The maximum absolute atomic E-state index is 3.61. The van der Waals surface area contributed by atoms with Crippen molar-refractivity contribution in [2.45, 2.75) is 58.0 Å². The number of hydrogen-bond donors (Lipinski definition) is 2. The van der Waals surface area contributed by atoms with Gasteiger partial charge in [0.1, 0.15) is 0 Å². The Bertz CT molecular complexity index is 139. The van der Waals surface area contributed by atoms with E-state index in [-0.39, 0.29) is 0 Å². The molecule has 1 fully saturated rings. The van der Waals surface area contributed by atoms with E-state index in [0.717, 1.165) is 6.54 Å². The monoisotopic (exact) mass is 184 g/mol. The molecule has 1 aliphatic rings. The van der Waals surface area contributed by atoms with Gasteiger partial charge in [-0.25, -0.2) is 0 Å². The topological polar surface area (TPSA) is 24.1 Å². The number of rotatable bonds is 4. The third-order valence-corrected chi connectivity index (χ3v) is 3.16. The highest BCUT2D eigenvalue weighted by atomic mass is 15.0. The van der Waals surface area contributed by atoms with Gasteiger partial charge in [-0.3, -0.25) is 0 Å². The van der Waals surface area contributed by atoms with Crippen molar-refractivity contribution >= 4 is 0 Å². The highest BCUT2D eigenvalue weighted by molar-refractivity contribution is 4.88. The molecule has 2 unspecified atom stereocenters. The van der Waals surface area contributed by atoms with Crippen molar-refractivity contribution in [1.82, 2.24) is 10.6 Å². The first-order valence-corrected chi connectivity index (χ1v) is 5.65. The van der Waals surface area contributed by atoms with Gasteiger partial charge >= 0.3 is 0 Å². The van der Waals surface area contributed by atoms with Gasteiger partial charge in [0.05, 0.1) is 0 Å². The van der Waals surface area contributed by atoms with Crippen molar-refractivity contribution in [1.29, 1.82) is 0 Å². The zero-order valence-corrected chi connectivity index (χ0v) is 9.32. The molecule has 0 bridgehead atoms. The number of piperidine rings is 1. The summed E-state index contributed by atoms with van der Waals surface area (Å²) in [5.41, 5.74) is 0.349. The molecule has 2 N–H and O–H groups in total. The summed E-state index contributed by atoms with van der Waals surface area (Å²) in [5, 5.41) is 7.19. The predicted molar refractivity (Wildman–Crippen MR) is 58.0 cm³/mol. The molecule has 1 saturated heterocycles. The molecule has 0 amide bonds. The molecule has 0 spiro atoms. The van der Waals surface area contributed by atoms with Gasteiger partial charge in [-0.15, -0.1) is 0 Å². The van der Waals surface area contributed by atoms with E-state index in [9.17, 15) is 0 Å². The Morgan fingerprint density at radius 3 is 2.77 bits per heavy atom. The molecule has 2 atom stereocenters. The first kappa shape index (κ1) is 11.0. The lowest BCUT2D eigenvalue weighted by atomic mass is 9.90. The highest BCUT2D eigenvalue weighted by Gasteiger charge is 2.25. The minimum Gasteiger partial charge on any atom is -0.312 e. The van der Waals surface area contributed by atoms with Gasteiger partial charge in [0.25, 0.3) is 0 Å². The maximum atomic E-state index is 3.61. The van der Waals surface area contributed by atoms with Crippen LogP contribution in [0, 0.1) is 0 Å². The van der Waals surface area contributed by atoms with Gasteiger partial charge in [-0.1, -0.05) is 13.3 Å². The zero-order chi connectivity index (χ0) is 9.73. The lowest BCUT2D eigenvalue weighted by Gasteiger charge is -2.36. The molecule has 1 heterocycles. The van der Waals surface area contributed by atoms with E-state index in [1.165, 1.54) is 32.2 Å². The number of hydrogen-bond acceptors (Lipinski definition) is 2. The van der Waals surface area contributed by atoms with Crippen LogP contribution in [-0.4, -0.2) is 24.7 Å². The van der Waals surface area contributed by atoms with Crippen LogP contribution >= 0.6 is 0 Å². The molecular weight excluding hydrogens is 160 g/mol. The zero-order valence-electron chi connectivity index (χ0n) is 9.32. The van der Waals surface area contributed by atoms with Crippen molar-refractivity contribution in [3.05, 3.63) is 0 Å². The molecule has 0 radical (unpaired) electrons. The normalized spacial score (nSPS) is 31.6. The van der Waals surface area contributed by atoms with E-state index in [4.69, 9.17) is 0 Å². The fourth-order valence-electron chi connectivity index (χ4n) is 1.81. The molecule has 2 heteroatoms. The summed E-state index contributed by atoms with van der Waals surface area (Å²) in [4.78, 5) is 0. The first-order chi connectivity index (χ1) is 6.16. The molecule has 13 heavy (non-hydrogen) atoms. The summed E-state index contributed by atoms with van der Waals surface area (Å²) in [6.45, 7) is 9.13. The van der Waals surface area contributed by atoms with E-state index in [1.807, 2.05) is 0 Å². The fraction of sp³-hybridized carbons (Fsp3) is 1.00. The lowest BCUT2D eigenvalue weighted by Crippen LogP contribution is -2.53. The van der Waals surface area contributed by atoms with E-state index in [0.29, 0.717) is 11.6 Å². The Balaban J connectivity index is 2.24. The second kappa shape index (κ2) is 4.97. The van der Waals surface area contributed by atoms with Gasteiger partial charge in [0.15, 0.2) is 0 Å². The summed E-state index contributed by atoms with van der Waals surface area (Å²) >= 11 is 0. The van der Waals surface area contributed by atoms with E-state index in [1.54, 1.807) is 0 Å². The van der Waals surface area contributed by atoms with Gasteiger partial charge < -0.3 is 10.6 Å². The Morgan fingerprint density at radius 2 is 2.23 bits per heavy atom. The predicted octanol–water partition coefficient (Wildman–Crippen LogP) is 1.91. The standard InChI is InChI=1S/C11H24N2/c1-4-10(2)12-9-11(3)7-5-6-8-13-11/h10,12-13H,4-9H2,1-3H3. The fourth-order valence-corrected chi connectivity index (χ4v) is 1.81. The van der Waals surface area contributed by atoms with Crippen molar-refractivity contribution in [2.24, 2.45) is 0 Å². The second-order valence-corrected chi connectivity index (χ2v) is 4.63. The van der Waals surface area contributed by atoms with Crippen LogP contribution in [0.25, 0.3) is 0 Å². The van der Waals surface area contributed by atoms with Gasteiger partial charge in [-0.05, 0) is 39.7 Å². The van der Waals surface area contributed by atoms with Crippen LogP contribution in [0.4, 0.5) is 0 Å². The molecule has 0 saturated carbocycles. The molecule has 78 valence electrons. The smallest absolute Gasteiger partial charge is 0.0278 e. The van der Waals surface area contributed by atoms with Crippen LogP contribution in [0.15, 0.2) is 0 Å². The van der Waals surface area contributed by atoms with Gasteiger partial charge in [0.2, 0.25) is 0 Å². The second-order valence-electron chi connectivity index (χ2n) is 4.63. The number of nitrogens with one attached hydrogen (secondary N) is 2. The minimum atomic E-state index is 0.349. The van der Waals surface area contributed by atoms with Crippen molar-refractivity contribution < 1.29 is 0 Å². The minimum absolute atomic E-state index is 0.349. The molecule has 0 aromatic rings. The average Bonchev–Trinajstić information content (AvgIpc) is 2.15. The van der Waals surface area contributed by atoms with Crippen LogP contribution in [-0.2, 0) is 0 Å². The van der Waals surface area contributed by atoms with E-state index >= 15 is 0 Å². The summed E-state index contributed by atoms with van der Waals surface area (Å²) in [6.07, 6.45) is 5.26. The summed E-state index contributed by atoms with van der Waals surface area (Å²) < 4.78 is 0. The van der Waals surface area contributed by atoms with Gasteiger partial charge in [-0.2, -0.15) is 0 Å². The van der Waals surface area contributed by atoms with Crippen molar-refractivity contribution in [2.75, 3.05) is 13.1 Å². The SMILES string of the molecule is CCC(C)NCC1(C)CCCCN1. The third-order valence-electron chi connectivity index (χ3n) is 3.16. The Kier molecular flexibility index (Phi) is 4.20. The molecule has 0 aromatic heterocycles. The maximum Gasteiger partial charge on any atom is 0.0278 e. The summed E-state index contributed by atoms with van der Waals surface area (Å²) in [6, 6.07) is 0.653. The van der Waals surface area contributed by atoms with E-state index in [2.05, 4.69) is 31.4 Å². The Hall–Kier alpha value is -0.0800. The highest BCUT2D eigenvalue weighted by Crippen LogP contribution is 2.17. The largest absolute Gasteiger partial charge is 0.312 e. The molecule has 0 aliphatic carbocycles. The Labute approximate surface area is 82.5 Å². The van der Waals surface area contributed by atoms with Gasteiger partial charge in [0, 0.05) is 18.1 Å². The summed E-state index contributed by atoms with van der Waals surface area (Å²) in [5.74, 6) is 0. The van der Waals surface area contributed by atoms with Crippen LogP contribution < -0.4 is 10.6 Å². The van der Waals surface area contributed by atoms with Crippen LogP contribution in [0.5, 0.6) is 0 Å². The molecule has 1 rings (SSSR count). The molecule has 1 aliphatic heterocycles. The quantitative estimate of drug-likeness (QED) is 0.697. The molecular formula is C11H24N2. The van der Waals surface area contributed by atoms with Crippen LogP contribution in [0.1, 0.15) is 46.5 Å². The Morgan fingerprint density at radius 1 is 1.46 bits per heavy atom. The lowest BCUT2D eigenvalue weighted by molar-refractivity contribution is 0.258. The van der Waals surface area contributed by atoms with Crippen LogP contribution in [0.2, 0.25) is 0 Å². The average molecular weight is 184 g/mol. The summed E-state index contributed by atoms with van der Waals surface area (Å²) in [7, 11) is 0. The van der Waals surface area contributed by atoms with Crippen molar-refractivity contribution in [3.63, 3.8) is 0 Å². The third kappa shape index (κ3) is 3.65. The molecule has 0 aromatic carbocycles. The van der Waals surface area contributed by atoms with Crippen LogP contribution in [0.3, 0.4) is 0 Å². The molecule has 2 nitrogen and oxygen atoms in total. The van der Waals surface area contributed by atoms with Crippen molar-refractivity contribution in [3.8, 4) is 0 Å². The first-order valence-electron chi connectivity index (χ1n) is 5.65.